The van der Waals surface area contributed by atoms with Crippen molar-refractivity contribution in [1.29, 1.82) is 0 Å². The van der Waals surface area contributed by atoms with Crippen molar-refractivity contribution < 1.29 is 14.3 Å². The summed E-state index contributed by atoms with van der Waals surface area (Å²) in [5.41, 5.74) is 0.842. The zero-order valence-corrected chi connectivity index (χ0v) is 12.2. The maximum Gasteiger partial charge on any atom is 0.340 e. The molecule has 1 rings (SSSR count). The molecule has 0 saturated carbocycles. The predicted molar refractivity (Wildman–Crippen MR) is 78.7 cm³/mol. The molecule has 0 unspecified atom stereocenters. The fourth-order valence-corrected chi connectivity index (χ4v) is 1.65. The molecule has 0 atom stereocenters. The van der Waals surface area contributed by atoms with E-state index in [0.717, 1.165) is 6.54 Å². The summed E-state index contributed by atoms with van der Waals surface area (Å²) < 4.78 is 4.96. The van der Waals surface area contributed by atoms with Crippen LogP contribution in [0.1, 0.15) is 31.1 Å². The lowest BCUT2D eigenvalue weighted by molar-refractivity contribution is -0.115. The van der Waals surface area contributed by atoms with E-state index in [4.69, 9.17) is 4.74 Å². The van der Waals surface area contributed by atoms with E-state index in [1.807, 2.05) is 0 Å². The molecule has 0 aliphatic carbocycles. The van der Waals surface area contributed by atoms with Crippen LogP contribution in [0.3, 0.4) is 0 Å². The molecule has 0 aliphatic rings. The Morgan fingerprint density at radius 1 is 1.25 bits per heavy atom. The van der Waals surface area contributed by atoms with Gasteiger partial charge in [-0.2, -0.15) is 0 Å². The predicted octanol–water partition coefficient (Wildman–Crippen LogP) is 2.05. The third-order valence-corrected chi connectivity index (χ3v) is 2.53. The summed E-state index contributed by atoms with van der Waals surface area (Å²) >= 11 is 0. The summed E-state index contributed by atoms with van der Waals surface area (Å²) in [4.78, 5) is 23.6. The average Bonchev–Trinajstić information content (AvgIpc) is 2.39. The van der Waals surface area contributed by atoms with Gasteiger partial charge in [-0.05, 0) is 31.5 Å². The highest BCUT2D eigenvalue weighted by Gasteiger charge is 2.13. The monoisotopic (exact) mass is 278 g/mol. The van der Waals surface area contributed by atoms with Crippen molar-refractivity contribution in [1.82, 2.24) is 5.32 Å². The number of hydrogen-bond acceptors (Lipinski definition) is 4. The number of esters is 1. The smallest absolute Gasteiger partial charge is 0.340 e. The second-order valence-electron chi connectivity index (χ2n) is 4.84. The lowest BCUT2D eigenvalue weighted by Crippen LogP contribution is -2.31. The summed E-state index contributed by atoms with van der Waals surface area (Å²) in [6.07, 6.45) is 0. The van der Waals surface area contributed by atoms with Gasteiger partial charge in [-0.25, -0.2) is 4.79 Å². The first-order valence-corrected chi connectivity index (χ1v) is 6.81. The first-order chi connectivity index (χ1) is 9.54. The van der Waals surface area contributed by atoms with Crippen molar-refractivity contribution in [2.45, 2.75) is 20.8 Å². The number of anilines is 1. The number of rotatable bonds is 7. The number of benzene rings is 1. The van der Waals surface area contributed by atoms with E-state index < -0.39 is 5.97 Å². The fraction of sp³-hybridized carbons (Fsp3) is 0.467. The molecule has 5 heteroatoms. The Balaban J connectivity index is 2.63. The number of para-hydroxylation sites is 1. The third-order valence-electron chi connectivity index (χ3n) is 2.53. The largest absolute Gasteiger partial charge is 0.462 e. The van der Waals surface area contributed by atoms with E-state index in [0.29, 0.717) is 23.8 Å². The molecule has 1 amide bonds. The standard InChI is InChI=1S/C15H22N2O3/c1-4-20-15(19)12-7-5-6-8-13(12)17-14(18)10-16-9-11(2)3/h5-8,11,16H,4,9-10H2,1-3H3,(H,17,18). The van der Waals surface area contributed by atoms with Gasteiger partial charge < -0.3 is 15.4 Å². The molecule has 0 radical (unpaired) electrons. The molecule has 0 aliphatic heterocycles. The van der Waals surface area contributed by atoms with Crippen LogP contribution >= 0.6 is 0 Å². The Kier molecular flexibility index (Phi) is 6.73. The van der Waals surface area contributed by atoms with E-state index in [9.17, 15) is 9.59 Å². The van der Waals surface area contributed by atoms with E-state index >= 15 is 0 Å². The number of nitrogens with one attached hydrogen (secondary N) is 2. The average molecular weight is 278 g/mol. The first-order valence-electron chi connectivity index (χ1n) is 6.81. The molecular weight excluding hydrogens is 256 g/mol. The molecular formula is C15H22N2O3. The van der Waals surface area contributed by atoms with Gasteiger partial charge in [0, 0.05) is 0 Å². The molecule has 20 heavy (non-hydrogen) atoms. The van der Waals surface area contributed by atoms with Crippen LogP contribution in [0.2, 0.25) is 0 Å². The highest BCUT2D eigenvalue weighted by molar-refractivity contribution is 6.01. The van der Waals surface area contributed by atoms with E-state index in [1.54, 1.807) is 31.2 Å². The molecule has 5 nitrogen and oxygen atoms in total. The number of carbonyl (C=O) groups excluding carboxylic acids is 2. The SMILES string of the molecule is CCOC(=O)c1ccccc1NC(=O)CNCC(C)C. The van der Waals surface area contributed by atoms with Crippen LogP contribution in [0.25, 0.3) is 0 Å². The summed E-state index contributed by atoms with van der Waals surface area (Å²) in [6, 6.07) is 6.82. The van der Waals surface area contributed by atoms with Crippen molar-refractivity contribution in [2.24, 2.45) is 5.92 Å². The Morgan fingerprint density at radius 3 is 2.60 bits per heavy atom. The number of amides is 1. The van der Waals surface area contributed by atoms with Crippen molar-refractivity contribution in [3.05, 3.63) is 29.8 Å². The molecule has 0 fully saturated rings. The van der Waals surface area contributed by atoms with E-state index in [2.05, 4.69) is 24.5 Å². The van der Waals surface area contributed by atoms with Gasteiger partial charge in [0.15, 0.2) is 0 Å². The maximum absolute atomic E-state index is 11.8. The minimum Gasteiger partial charge on any atom is -0.462 e. The molecule has 110 valence electrons. The van der Waals surface area contributed by atoms with Crippen molar-refractivity contribution in [3.63, 3.8) is 0 Å². The summed E-state index contributed by atoms with van der Waals surface area (Å²) in [5, 5.41) is 5.77. The molecule has 0 spiro atoms. The van der Waals surface area contributed by atoms with Crippen LogP contribution in [-0.4, -0.2) is 31.6 Å². The molecule has 0 aromatic heterocycles. The summed E-state index contributed by atoms with van der Waals surface area (Å²) in [6.45, 7) is 7.18. The minimum absolute atomic E-state index is 0.178. The van der Waals surface area contributed by atoms with Gasteiger partial charge in [0.1, 0.15) is 0 Å². The van der Waals surface area contributed by atoms with Gasteiger partial charge >= 0.3 is 5.97 Å². The fourth-order valence-electron chi connectivity index (χ4n) is 1.65. The molecule has 2 N–H and O–H groups in total. The molecule has 0 saturated heterocycles. The highest BCUT2D eigenvalue weighted by atomic mass is 16.5. The van der Waals surface area contributed by atoms with Crippen LogP contribution < -0.4 is 10.6 Å². The van der Waals surface area contributed by atoms with Crippen LogP contribution in [0.5, 0.6) is 0 Å². The summed E-state index contributed by atoms with van der Waals surface area (Å²) in [7, 11) is 0. The minimum atomic E-state index is -0.432. The van der Waals surface area contributed by atoms with Crippen molar-refractivity contribution >= 4 is 17.6 Å². The Labute approximate surface area is 119 Å². The van der Waals surface area contributed by atoms with Gasteiger partial charge in [-0.15, -0.1) is 0 Å². The second-order valence-corrected chi connectivity index (χ2v) is 4.84. The topological polar surface area (TPSA) is 67.4 Å². The maximum atomic E-state index is 11.8. The number of ether oxygens (including phenoxy) is 1. The van der Waals surface area contributed by atoms with Crippen LogP contribution in [0, 0.1) is 5.92 Å². The Morgan fingerprint density at radius 2 is 1.95 bits per heavy atom. The van der Waals surface area contributed by atoms with Gasteiger partial charge in [0.2, 0.25) is 5.91 Å². The third kappa shape index (κ3) is 5.40. The molecule has 1 aromatic carbocycles. The van der Waals surface area contributed by atoms with E-state index in [-0.39, 0.29) is 12.5 Å². The number of carbonyl (C=O) groups is 2. The summed E-state index contributed by atoms with van der Waals surface area (Å²) in [5.74, 6) is -0.129. The normalized spacial score (nSPS) is 10.4. The zero-order valence-electron chi connectivity index (χ0n) is 12.2. The van der Waals surface area contributed by atoms with Crippen molar-refractivity contribution in [3.8, 4) is 0 Å². The van der Waals surface area contributed by atoms with Crippen LogP contribution in [0.15, 0.2) is 24.3 Å². The van der Waals surface area contributed by atoms with Crippen molar-refractivity contribution in [2.75, 3.05) is 25.0 Å². The highest BCUT2D eigenvalue weighted by Crippen LogP contribution is 2.16. The lowest BCUT2D eigenvalue weighted by Gasteiger charge is -2.11. The van der Waals surface area contributed by atoms with Gasteiger partial charge in [-0.1, -0.05) is 26.0 Å². The zero-order chi connectivity index (χ0) is 15.0. The molecule has 1 aromatic rings. The van der Waals surface area contributed by atoms with Gasteiger partial charge in [0.25, 0.3) is 0 Å². The number of hydrogen-bond donors (Lipinski definition) is 2. The quantitative estimate of drug-likeness (QED) is 0.749. The Bertz CT molecular complexity index is 458. The van der Waals surface area contributed by atoms with Crippen LogP contribution in [0.4, 0.5) is 5.69 Å². The molecule has 0 bridgehead atoms. The van der Waals surface area contributed by atoms with E-state index in [1.165, 1.54) is 0 Å². The Hall–Kier alpha value is -1.88. The second kappa shape index (κ2) is 8.32. The van der Waals surface area contributed by atoms with Gasteiger partial charge in [0.05, 0.1) is 24.4 Å². The molecule has 0 heterocycles. The first kappa shape index (κ1) is 16.2. The van der Waals surface area contributed by atoms with Crippen LogP contribution in [-0.2, 0) is 9.53 Å². The lowest BCUT2D eigenvalue weighted by atomic mass is 10.2. The van der Waals surface area contributed by atoms with Gasteiger partial charge in [-0.3, -0.25) is 4.79 Å².